The average Bonchev–Trinajstić information content (AvgIpc) is 3.38. The van der Waals surface area contributed by atoms with Crippen LogP contribution in [0.5, 0.6) is 5.75 Å². The number of thioether (sulfide) groups is 1. The molecule has 33 heavy (non-hydrogen) atoms. The molecule has 2 heterocycles. The summed E-state index contributed by atoms with van der Waals surface area (Å²) in [7, 11) is 1.66. The first-order valence-corrected chi connectivity index (χ1v) is 12.7. The summed E-state index contributed by atoms with van der Waals surface area (Å²) in [6.07, 6.45) is 4.42. The van der Waals surface area contributed by atoms with Gasteiger partial charge < -0.3 is 20.4 Å². The largest absolute Gasteiger partial charge is 0.497 e. The maximum Gasteiger partial charge on any atom is 0.230 e. The Morgan fingerprint density at radius 2 is 2.03 bits per heavy atom. The van der Waals surface area contributed by atoms with Crippen molar-refractivity contribution in [2.45, 2.75) is 29.1 Å². The molecule has 1 unspecified atom stereocenters. The fraction of sp³-hybridized carbons (Fsp3) is 0.292. The van der Waals surface area contributed by atoms with Crippen molar-refractivity contribution in [3.8, 4) is 5.75 Å². The molecule has 2 aromatic carbocycles. The highest BCUT2D eigenvalue weighted by Gasteiger charge is 2.23. The second kappa shape index (κ2) is 9.84. The zero-order valence-electron chi connectivity index (χ0n) is 18.2. The van der Waals surface area contributed by atoms with Crippen LogP contribution in [0.3, 0.4) is 0 Å². The molecule has 170 valence electrons. The third-order valence-electron chi connectivity index (χ3n) is 5.66. The van der Waals surface area contributed by atoms with Gasteiger partial charge in [-0.25, -0.2) is 0 Å². The van der Waals surface area contributed by atoms with Crippen LogP contribution in [0.25, 0.3) is 10.9 Å². The Hall–Kier alpha value is -3.04. The van der Waals surface area contributed by atoms with Crippen molar-refractivity contribution in [3.05, 3.63) is 65.9 Å². The number of carbonyl (C=O) groups excluding carboxylic acids is 1. The number of methoxy groups -OCH3 is 1. The number of rotatable bonds is 10. The molecule has 2 aromatic heterocycles. The minimum Gasteiger partial charge on any atom is -0.497 e. The van der Waals surface area contributed by atoms with Crippen molar-refractivity contribution < 1.29 is 9.53 Å². The lowest BCUT2D eigenvalue weighted by Crippen LogP contribution is -2.30. The number of fused-ring (bicyclic) bond motifs is 1. The molecule has 3 N–H and O–H groups in total. The maximum atomic E-state index is 12.7. The maximum absolute atomic E-state index is 12.7. The third-order valence-corrected chi connectivity index (χ3v) is 7.64. The van der Waals surface area contributed by atoms with Gasteiger partial charge in [0.05, 0.1) is 12.9 Å². The number of anilines is 1. The molecular weight excluding hydrogens is 454 g/mol. The first kappa shape index (κ1) is 21.8. The van der Waals surface area contributed by atoms with Gasteiger partial charge in [-0.3, -0.25) is 4.79 Å². The first-order valence-electron chi connectivity index (χ1n) is 10.9. The van der Waals surface area contributed by atoms with E-state index < -0.39 is 0 Å². The highest BCUT2D eigenvalue weighted by Crippen LogP contribution is 2.32. The van der Waals surface area contributed by atoms with E-state index in [-0.39, 0.29) is 11.8 Å². The van der Waals surface area contributed by atoms with Crippen LogP contribution < -0.4 is 15.4 Å². The lowest BCUT2D eigenvalue weighted by molar-refractivity contribution is -0.118. The molecule has 0 aliphatic heterocycles. The summed E-state index contributed by atoms with van der Waals surface area (Å²) < 4.78 is 6.12. The van der Waals surface area contributed by atoms with E-state index in [0.717, 1.165) is 37.3 Å². The van der Waals surface area contributed by atoms with Crippen LogP contribution in [-0.2, 0) is 4.79 Å². The molecule has 5 rings (SSSR count). The number of hydrogen-bond acceptors (Lipinski definition) is 7. The molecule has 7 nitrogen and oxygen atoms in total. The Labute approximate surface area is 200 Å². The number of nitrogens with zero attached hydrogens (tertiary/aromatic N) is 2. The van der Waals surface area contributed by atoms with Gasteiger partial charge in [0.1, 0.15) is 5.75 Å². The number of H-pyrrole nitrogens is 1. The number of amides is 1. The molecule has 0 bridgehead atoms. The minimum atomic E-state index is -0.0229. The highest BCUT2D eigenvalue weighted by molar-refractivity contribution is 8.01. The zero-order chi connectivity index (χ0) is 22.6. The van der Waals surface area contributed by atoms with E-state index in [1.54, 1.807) is 7.11 Å². The molecule has 0 radical (unpaired) electrons. The molecule has 0 spiro atoms. The van der Waals surface area contributed by atoms with Gasteiger partial charge in [0.15, 0.2) is 4.34 Å². The number of carbonyl (C=O) groups is 1. The van der Waals surface area contributed by atoms with Crippen molar-refractivity contribution in [2.24, 2.45) is 0 Å². The fourth-order valence-electron chi connectivity index (χ4n) is 3.75. The summed E-state index contributed by atoms with van der Waals surface area (Å²) in [5.41, 5.74) is 3.36. The first-order chi connectivity index (χ1) is 16.2. The Bertz CT molecular complexity index is 1230. The third kappa shape index (κ3) is 5.31. The van der Waals surface area contributed by atoms with Gasteiger partial charge in [-0.05, 0) is 42.2 Å². The van der Waals surface area contributed by atoms with Gasteiger partial charge in [-0.1, -0.05) is 53.4 Å². The van der Waals surface area contributed by atoms with E-state index in [2.05, 4.69) is 50.1 Å². The van der Waals surface area contributed by atoms with Gasteiger partial charge in [-0.15, -0.1) is 10.2 Å². The van der Waals surface area contributed by atoms with Crippen LogP contribution in [0.15, 0.2) is 59.1 Å². The summed E-state index contributed by atoms with van der Waals surface area (Å²) in [6, 6.07) is 16.8. The van der Waals surface area contributed by atoms with Crippen molar-refractivity contribution in [1.29, 1.82) is 0 Å². The highest BCUT2D eigenvalue weighted by atomic mass is 32.2. The van der Waals surface area contributed by atoms with E-state index in [9.17, 15) is 4.79 Å². The number of benzene rings is 2. The number of para-hydroxylation sites is 1. The second-order valence-corrected chi connectivity index (χ2v) is 10.2. The van der Waals surface area contributed by atoms with Crippen LogP contribution in [0.2, 0.25) is 0 Å². The molecule has 1 fully saturated rings. The van der Waals surface area contributed by atoms with Crippen molar-refractivity contribution in [3.63, 3.8) is 0 Å². The Morgan fingerprint density at radius 1 is 1.21 bits per heavy atom. The van der Waals surface area contributed by atoms with Gasteiger partial charge in [0.25, 0.3) is 0 Å². The van der Waals surface area contributed by atoms with Gasteiger partial charge in [0, 0.05) is 35.6 Å². The van der Waals surface area contributed by atoms with Gasteiger partial charge >= 0.3 is 0 Å². The number of nitrogens with one attached hydrogen (secondary N) is 3. The van der Waals surface area contributed by atoms with Crippen LogP contribution >= 0.6 is 23.1 Å². The van der Waals surface area contributed by atoms with E-state index in [0.29, 0.717) is 18.3 Å². The van der Waals surface area contributed by atoms with E-state index in [4.69, 9.17) is 4.74 Å². The quantitative estimate of drug-likeness (QED) is 0.287. The Kier molecular flexibility index (Phi) is 6.50. The smallest absolute Gasteiger partial charge is 0.230 e. The second-order valence-electron chi connectivity index (χ2n) is 8.00. The van der Waals surface area contributed by atoms with Crippen LogP contribution in [0.1, 0.15) is 29.9 Å². The SMILES string of the molecule is COc1ccc(C(CNC(=O)CSc2nnc(NC3CC3)s2)c2c[nH]c3ccccc23)cc1. The fourth-order valence-corrected chi connectivity index (χ4v) is 5.41. The summed E-state index contributed by atoms with van der Waals surface area (Å²) in [4.78, 5) is 16.0. The number of aromatic nitrogens is 3. The summed E-state index contributed by atoms with van der Waals surface area (Å²) in [5, 5.41) is 16.8. The van der Waals surface area contributed by atoms with Crippen molar-refractivity contribution >= 4 is 45.0 Å². The molecular formula is C24H25N5O2S2. The van der Waals surface area contributed by atoms with Gasteiger partial charge in [-0.2, -0.15) is 0 Å². The predicted molar refractivity (Wildman–Crippen MR) is 133 cm³/mol. The van der Waals surface area contributed by atoms with Crippen LogP contribution in [-0.4, -0.2) is 46.5 Å². The van der Waals surface area contributed by atoms with Gasteiger partial charge in [0.2, 0.25) is 11.0 Å². The Morgan fingerprint density at radius 3 is 2.82 bits per heavy atom. The lowest BCUT2D eigenvalue weighted by Gasteiger charge is -2.18. The lowest BCUT2D eigenvalue weighted by atomic mass is 9.91. The van der Waals surface area contributed by atoms with Crippen molar-refractivity contribution in [1.82, 2.24) is 20.5 Å². The van der Waals surface area contributed by atoms with Crippen molar-refractivity contribution in [2.75, 3.05) is 24.7 Å². The summed E-state index contributed by atoms with van der Waals surface area (Å²) in [5.74, 6) is 1.10. The number of ether oxygens (including phenoxy) is 1. The number of aromatic amines is 1. The molecule has 9 heteroatoms. The van der Waals surface area contributed by atoms with Crippen LogP contribution in [0, 0.1) is 0 Å². The number of hydrogen-bond donors (Lipinski definition) is 3. The van der Waals surface area contributed by atoms with E-state index in [1.165, 1.54) is 35.9 Å². The summed E-state index contributed by atoms with van der Waals surface area (Å²) in [6.45, 7) is 0.498. The normalized spacial score (nSPS) is 14.2. The standard InChI is InChI=1S/C24H25N5O2S2/c1-31-17-10-6-15(7-11-17)19(20-13-25-21-5-3-2-4-18(20)21)12-26-22(30)14-32-24-29-28-23(33-24)27-16-8-9-16/h2-7,10-11,13,16,19,25H,8-9,12,14H2,1H3,(H,26,30)(H,27,28). The van der Waals surface area contributed by atoms with Crippen LogP contribution in [0.4, 0.5) is 5.13 Å². The monoisotopic (exact) mass is 479 g/mol. The molecule has 1 amide bonds. The molecule has 1 atom stereocenters. The predicted octanol–water partition coefficient (Wildman–Crippen LogP) is 4.64. The Balaban J connectivity index is 1.26. The minimum absolute atomic E-state index is 0.0110. The average molecular weight is 480 g/mol. The molecule has 4 aromatic rings. The van der Waals surface area contributed by atoms with E-state index >= 15 is 0 Å². The molecule has 1 aliphatic carbocycles. The summed E-state index contributed by atoms with van der Waals surface area (Å²) >= 11 is 2.92. The zero-order valence-corrected chi connectivity index (χ0v) is 19.8. The molecule has 1 aliphatic rings. The molecule has 1 saturated carbocycles. The van der Waals surface area contributed by atoms with E-state index in [1.807, 2.05) is 30.5 Å². The topological polar surface area (TPSA) is 91.9 Å². The molecule has 0 saturated heterocycles.